The summed E-state index contributed by atoms with van der Waals surface area (Å²) in [6, 6.07) is 0. The number of carbonyl (C=O) groups is 1. The van der Waals surface area contributed by atoms with Crippen molar-refractivity contribution in [3.8, 4) is 0 Å². The van der Waals surface area contributed by atoms with Crippen LogP contribution in [0, 0.1) is 0 Å². The third-order valence-corrected chi connectivity index (χ3v) is 5.62. The number of carbonyl (C=O) groups excluding carboxylic acids is 1. The van der Waals surface area contributed by atoms with Crippen LogP contribution < -0.4 is 0 Å². The number of hydrogen-bond donors (Lipinski definition) is 1. The van der Waals surface area contributed by atoms with E-state index in [9.17, 15) is 110 Å². The molecule has 0 fully saturated rings. The summed E-state index contributed by atoms with van der Waals surface area (Å²) in [5.41, 5.74) is -0.841. The van der Waals surface area contributed by atoms with Gasteiger partial charge >= 0.3 is 77.5 Å². The van der Waals surface area contributed by atoms with Crippen molar-refractivity contribution in [1.82, 2.24) is 0 Å². The SMILES string of the molecule is C=C(C)C(=O)OC(CO)CC(F)(F)C(F)(F)C(F)(F)C(F)(F)C(F)(F)C(F)(F)C(F)(F)C(F)(F)C(F)(F)C(F)(F)C(F)(F)C(F)F. The molecule has 1 unspecified atom stereocenters. The average Bonchev–Trinajstić information content (AvgIpc) is 2.86. The summed E-state index contributed by atoms with van der Waals surface area (Å²) in [5.74, 6) is -99.5. The minimum atomic E-state index is -9.56. The highest BCUT2D eigenvalue weighted by Crippen LogP contribution is 2.67. The molecule has 0 aliphatic carbocycles. The maximum Gasteiger partial charge on any atom is 0.385 e. The largest absolute Gasteiger partial charge is 0.456 e. The highest BCUT2D eigenvalue weighted by atomic mass is 19.4. The molecule has 0 aliphatic rings. The van der Waals surface area contributed by atoms with Gasteiger partial charge in [-0.3, -0.25) is 0 Å². The molecule has 0 aliphatic heterocycles. The fourth-order valence-corrected chi connectivity index (χ4v) is 2.77. The van der Waals surface area contributed by atoms with Crippen LogP contribution in [0.15, 0.2) is 12.2 Å². The van der Waals surface area contributed by atoms with E-state index in [1.165, 1.54) is 0 Å². The van der Waals surface area contributed by atoms with Gasteiger partial charge in [0, 0.05) is 5.57 Å². The highest BCUT2D eigenvalue weighted by molar-refractivity contribution is 5.87. The smallest absolute Gasteiger partial charge is 0.385 e. The topological polar surface area (TPSA) is 46.5 Å². The molecular formula is C19H12F24O3. The van der Waals surface area contributed by atoms with Crippen molar-refractivity contribution in [2.75, 3.05) is 6.61 Å². The molecular weight excluding hydrogens is 732 g/mol. The number of halogens is 24. The summed E-state index contributed by atoms with van der Waals surface area (Å²) < 4.78 is 328. The molecule has 1 atom stereocenters. The Morgan fingerprint density at radius 2 is 0.826 bits per heavy atom. The van der Waals surface area contributed by atoms with E-state index >= 15 is 0 Å². The van der Waals surface area contributed by atoms with Crippen LogP contribution in [0.3, 0.4) is 0 Å². The Morgan fingerprint density at radius 1 is 0.565 bits per heavy atom. The minimum Gasteiger partial charge on any atom is -0.456 e. The van der Waals surface area contributed by atoms with Crippen LogP contribution >= 0.6 is 0 Å². The molecule has 0 bridgehead atoms. The predicted molar refractivity (Wildman–Crippen MR) is 96.8 cm³/mol. The summed E-state index contributed by atoms with van der Waals surface area (Å²) in [5, 5.41) is 8.76. The van der Waals surface area contributed by atoms with Crippen LogP contribution in [0.4, 0.5) is 105 Å². The van der Waals surface area contributed by atoms with E-state index in [-0.39, 0.29) is 0 Å². The molecule has 0 aromatic carbocycles. The lowest BCUT2D eigenvalue weighted by atomic mass is 9.84. The van der Waals surface area contributed by atoms with E-state index in [0.29, 0.717) is 6.92 Å². The molecule has 3 nitrogen and oxygen atoms in total. The van der Waals surface area contributed by atoms with Crippen molar-refractivity contribution < 1.29 is 120 Å². The molecule has 0 aromatic heterocycles. The zero-order valence-electron chi connectivity index (χ0n) is 21.1. The molecule has 0 radical (unpaired) electrons. The van der Waals surface area contributed by atoms with Crippen LogP contribution in [0.25, 0.3) is 0 Å². The van der Waals surface area contributed by atoms with Crippen LogP contribution in [0.2, 0.25) is 0 Å². The molecule has 0 amide bonds. The van der Waals surface area contributed by atoms with Crippen molar-refractivity contribution >= 4 is 5.97 Å². The van der Waals surface area contributed by atoms with Crippen molar-refractivity contribution in [2.45, 2.75) is 91.0 Å². The lowest BCUT2D eigenvalue weighted by Crippen LogP contribution is -2.78. The third kappa shape index (κ3) is 5.78. The Bertz CT molecular complexity index is 1130. The fourth-order valence-electron chi connectivity index (χ4n) is 2.77. The Hall–Kier alpha value is -2.51. The van der Waals surface area contributed by atoms with E-state index in [2.05, 4.69) is 11.3 Å². The number of aliphatic hydroxyl groups excluding tert-OH is 1. The number of hydrogen-bond acceptors (Lipinski definition) is 3. The highest BCUT2D eigenvalue weighted by Gasteiger charge is 2.98. The van der Waals surface area contributed by atoms with Gasteiger partial charge in [0.15, 0.2) is 0 Å². The summed E-state index contributed by atoms with van der Waals surface area (Å²) in [6.45, 7) is 1.29. The second-order valence-electron chi connectivity index (χ2n) is 8.99. The maximum absolute atomic E-state index is 14.0. The first-order valence-electron chi connectivity index (χ1n) is 10.6. The summed E-state index contributed by atoms with van der Waals surface area (Å²) in [6.07, 6.45) is -12.9. The quantitative estimate of drug-likeness (QED) is 0.0988. The van der Waals surface area contributed by atoms with Gasteiger partial charge in [0.25, 0.3) is 0 Å². The molecule has 46 heavy (non-hydrogen) atoms. The van der Waals surface area contributed by atoms with Gasteiger partial charge in [0.2, 0.25) is 0 Å². The molecule has 0 saturated carbocycles. The van der Waals surface area contributed by atoms with Crippen molar-refractivity contribution in [1.29, 1.82) is 0 Å². The number of rotatable bonds is 16. The number of ether oxygens (including phenoxy) is 1. The van der Waals surface area contributed by atoms with E-state index in [1.54, 1.807) is 0 Å². The number of esters is 1. The molecule has 274 valence electrons. The molecule has 0 aromatic rings. The maximum atomic E-state index is 14.0. The first kappa shape index (κ1) is 43.5. The molecule has 0 rings (SSSR count). The monoisotopic (exact) mass is 744 g/mol. The summed E-state index contributed by atoms with van der Waals surface area (Å²) in [7, 11) is 0. The number of aliphatic hydroxyl groups is 1. The van der Waals surface area contributed by atoms with Gasteiger partial charge in [-0.05, 0) is 6.92 Å². The second kappa shape index (κ2) is 11.9. The Balaban J connectivity index is 7.18. The average molecular weight is 744 g/mol. The van der Waals surface area contributed by atoms with E-state index in [4.69, 9.17) is 5.11 Å². The van der Waals surface area contributed by atoms with Gasteiger partial charge in [0.1, 0.15) is 6.10 Å². The first-order valence-corrected chi connectivity index (χ1v) is 10.6. The third-order valence-electron chi connectivity index (χ3n) is 5.62. The van der Waals surface area contributed by atoms with Crippen LogP contribution in [0.1, 0.15) is 13.3 Å². The van der Waals surface area contributed by atoms with Crippen LogP contribution in [-0.4, -0.2) is 95.4 Å². The van der Waals surface area contributed by atoms with E-state index in [1.807, 2.05) is 0 Å². The van der Waals surface area contributed by atoms with Gasteiger partial charge in [-0.25, -0.2) is 13.6 Å². The fraction of sp³-hybridized carbons (Fsp3) is 0.842. The Kier molecular flexibility index (Phi) is 11.2. The van der Waals surface area contributed by atoms with E-state index in [0.717, 1.165) is 0 Å². The van der Waals surface area contributed by atoms with Gasteiger partial charge in [-0.15, -0.1) is 0 Å². The zero-order valence-corrected chi connectivity index (χ0v) is 21.1. The Labute approximate surface area is 237 Å². The minimum absolute atomic E-state index is 0.668. The van der Waals surface area contributed by atoms with Crippen molar-refractivity contribution in [3.05, 3.63) is 12.2 Å². The molecule has 0 saturated heterocycles. The molecule has 0 heterocycles. The first-order chi connectivity index (χ1) is 19.7. The van der Waals surface area contributed by atoms with Crippen LogP contribution in [0.5, 0.6) is 0 Å². The lowest BCUT2D eigenvalue weighted by Gasteiger charge is -2.45. The predicted octanol–water partition coefficient (Wildman–Crippen LogP) is 8.11. The Morgan fingerprint density at radius 3 is 1.07 bits per heavy atom. The standard InChI is InChI=1S/C19H12F24O3/c1-5(2)7(45)46-6(4-44)3-9(22,23)11(26,27)13(30,31)15(34,35)17(38,39)19(42,43)18(40,41)16(36,37)14(32,33)12(28,29)10(24,25)8(20)21/h6,8,44H,1,3-4H2,2H3. The molecule has 27 heteroatoms. The second-order valence-corrected chi connectivity index (χ2v) is 8.99. The van der Waals surface area contributed by atoms with Gasteiger partial charge in [0.05, 0.1) is 13.0 Å². The van der Waals surface area contributed by atoms with Gasteiger partial charge in [-0.1, -0.05) is 6.58 Å². The van der Waals surface area contributed by atoms with Gasteiger partial charge in [-0.2, -0.15) is 96.6 Å². The van der Waals surface area contributed by atoms with Crippen molar-refractivity contribution in [3.63, 3.8) is 0 Å². The molecule has 1 N–H and O–H groups in total. The van der Waals surface area contributed by atoms with Crippen LogP contribution in [-0.2, 0) is 9.53 Å². The van der Waals surface area contributed by atoms with Gasteiger partial charge < -0.3 is 9.84 Å². The molecule has 0 spiro atoms. The summed E-state index contributed by atoms with van der Waals surface area (Å²) in [4.78, 5) is 11.2. The normalized spacial score (nSPS) is 16.5. The van der Waals surface area contributed by atoms with E-state index < -0.39 is 102 Å². The van der Waals surface area contributed by atoms with Crippen molar-refractivity contribution in [2.24, 2.45) is 0 Å². The number of alkyl halides is 24. The lowest BCUT2D eigenvalue weighted by molar-refractivity contribution is -0.476. The zero-order chi connectivity index (χ0) is 37.9. The summed E-state index contributed by atoms with van der Waals surface area (Å²) >= 11 is 0.